The normalized spacial score (nSPS) is 15.4. The van der Waals surface area contributed by atoms with Gasteiger partial charge in [-0.2, -0.15) is 0 Å². The highest BCUT2D eigenvalue weighted by molar-refractivity contribution is 5.82. The average molecular weight is 263 g/mol. The van der Waals surface area contributed by atoms with Crippen LogP contribution in [0.5, 0.6) is 0 Å². The van der Waals surface area contributed by atoms with Crippen LogP contribution in [0.15, 0.2) is 59.0 Å². The molecular weight excluding hydrogens is 246 g/mol. The highest BCUT2D eigenvalue weighted by atomic mass is 16.3. The molecule has 1 aliphatic heterocycles. The standard InChI is InChI=1S/C18H17NO/c1-2-6-14(7-3-1)12-19-11-10-16-15-8-4-5-9-17(15)20-18(16)13-19/h1-9H,10-13H2. The van der Waals surface area contributed by atoms with Gasteiger partial charge in [0.05, 0.1) is 6.54 Å². The fourth-order valence-corrected chi connectivity index (χ4v) is 3.08. The molecule has 2 aromatic carbocycles. The lowest BCUT2D eigenvalue weighted by Crippen LogP contribution is -2.29. The van der Waals surface area contributed by atoms with E-state index in [1.807, 2.05) is 6.07 Å². The molecule has 0 radical (unpaired) electrons. The highest BCUT2D eigenvalue weighted by Crippen LogP contribution is 2.30. The largest absolute Gasteiger partial charge is 0.459 e. The van der Waals surface area contributed by atoms with E-state index in [0.29, 0.717) is 0 Å². The second-order valence-electron chi connectivity index (χ2n) is 5.45. The van der Waals surface area contributed by atoms with Gasteiger partial charge in [-0.25, -0.2) is 0 Å². The second kappa shape index (κ2) is 4.80. The van der Waals surface area contributed by atoms with Crippen LogP contribution < -0.4 is 0 Å². The summed E-state index contributed by atoms with van der Waals surface area (Å²) in [6, 6.07) is 19.0. The van der Waals surface area contributed by atoms with Gasteiger partial charge in [0.1, 0.15) is 11.3 Å². The van der Waals surface area contributed by atoms with Crippen molar-refractivity contribution in [2.75, 3.05) is 6.54 Å². The van der Waals surface area contributed by atoms with Crippen LogP contribution in [0, 0.1) is 0 Å². The fourth-order valence-electron chi connectivity index (χ4n) is 3.08. The van der Waals surface area contributed by atoms with E-state index in [0.717, 1.165) is 37.4 Å². The second-order valence-corrected chi connectivity index (χ2v) is 5.45. The molecule has 2 heterocycles. The third-order valence-electron chi connectivity index (χ3n) is 4.08. The van der Waals surface area contributed by atoms with Crippen LogP contribution in [0.1, 0.15) is 16.9 Å². The first-order valence-corrected chi connectivity index (χ1v) is 7.16. The molecule has 1 aromatic heterocycles. The molecule has 3 aromatic rings. The average Bonchev–Trinajstić information content (AvgIpc) is 2.86. The van der Waals surface area contributed by atoms with Crippen molar-refractivity contribution in [1.29, 1.82) is 0 Å². The zero-order valence-corrected chi connectivity index (χ0v) is 11.4. The molecule has 100 valence electrons. The molecule has 1 aliphatic rings. The molecule has 0 aliphatic carbocycles. The summed E-state index contributed by atoms with van der Waals surface area (Å²) in [5, 5.41) is 1.29. The van der Waals surface area contributed by atoms with Gasteiger partial charge in [-0.1, -0.05) is 48.5 Å². The molecule has 2 nitrogen and oxygen atoms in total. The van der Waals surface area contributed by atoms with Crippen LogP contribution in [0.25, 0.3) is 11.0 Å². The Morgan fingerprint density at radius 3 is 2.65 bits per heavy atom. The van der Waals surface area contributed by atoms with Gasteiger partial charge in [-0.05, 0) is 18.1 Å². The summed E-state index contributed by atoms with van der Waals surface area (Å²) < 4.78 is 6.02. The smallest absolute Gasteiger partial charge is 0.134 e. The molecule has 0 saturated heterocycles. The third kappa shape index (κ3) is 2.02. The first kappa shape index (κ1) is 11.7. The Hall–Kier alpha value is -2.06. The summed E-state index contributed by atoms with van der Waals surface area (Å²) in [4.78, 5) is 2.46. The SMILES string of the molecule is c1ccc(CN2CCc3c(oc4ccccc34)C2)cc1. The van der Waals surface area contributed by atoms with Gasteiger partial charge >= 0.3 is 0 Å². The summed E-state index contributed by atoms with van der Waals surface area (Å²) >= 11 is 0. The zero-order valence-electron chi connectivity index (χ0n) is 11.4. The number of benzene rings is 2. The Morgan fingerprint density at radius 1 is 0.950 bits per heavy atom. The number of hydrogen-bond donors (Lipinski definition) is 0. The number of fused-ring (bicyclic) bond motifs is 3. The molecule has 0 bridgehead atoms. The molecule has 4 rings (SSSR count). The van der Waals surface area contributed by atoms with E-state index in [1.165, 1.54) is 16.5 Å². The van der Waals surface area contributed by atoms with E-state index in [2.05, 4.69) is 53.4 Å². The lowest BCUT2D eigenvalue weighted by atomic mass is 10.0. The maximum atomic E-state index is 6.02. The third-order valence-corrected chi connectivity index (χ3v) is 4.08. The van der Waals surface area contributed by atoms with Gasteiger partial charge in [0.2, 0.25) is 0 Å². The topological polar surface area (TPSA) is 16.4 Å². The minimum absolute atomic E-state index is 0.916. The van der Waals surface area contributed by atoms with Crippen LogP contribution in [0.4, 0.5) is 0 Å². The fraction of sp³-hybridized carbons (Fsp3) is 0.222. The van der Waals surface area contributed by atoms with E-state index in [1.54, 1.807) is 0 Å². The van der Waals surface area contributed by atoms with E-state index >= 15 is 0 Å². The molecular formula is C18H17NO. The predicted molar refractivity (Wildman–Crippen MR) is 80.5 cm³/mol. The zero-order chi connectivity index (χ0) is 13.4. The Morgan fingerprint density at radius 2 is 1.75 bits per heavy atom. The Labute approximate surface area is 118 Å². The maximum Gasteiger partial charge on any atom is 0.134 e. The van der Waals surface area contributed by atoms with Gasteiger partial charge < -0.3 is 4.42 Å². The Bertz CT molecular complexity index is 730. The summed E-state index contributed by atoms with van der Waals surface area (Å²) in [6.07, 6.45) is 1.08. The molecule has 0 spiro atoms. The van der Waals surface area contributed by atoms with Crippen molar-refractivity contribution < 1.29 is 4.42 Å². The maximum absolute atomic E-state index is 6.02. The molecule has 0 fully saturated rings. The summed E-state index contributed by atoms with van der Waals surface area (Å²) in [6.45, 7) is 3.02. The molecule has 0 unspecified atom stereocenters. The monoisotopic (exact) mass is 263 g/mol. The molecule has 0 N–H and O–H groups in total. The first-order chi connectivity index (χ1) is 9.90. The summed E-state index contributed by atoms with van der Waals surface area (Å²) in [5.74, 6) is 1.15. The van der Waals surface area contributed by atoms with Crippen molar-refractivity contribution in [1.82, 2.24) is 4.90 Å². The van der Waals surface area contributed by atoms with Crippen LogP contribution in [-0.2, 0) is 19.5 Å². The quantitative estimate of drug-likeness (QED) is 0.695. The molecule has 0 amide bonds. The van der Waals surface area contributed by atoms with E-state index < -0.39 is 0 Å². The van der Waals surface area contributed by atoms with E-state index in [9.17, 15) is 0 Å². The molecule has 0 saturated carbocycles. The van der Waals surface area contributed by atoms with Gasteiger partial charge in [-0.15, -0.1) is 0 Å². The molecule has 20 heavy (non-hydrogen) atoms. The summed E-state index contributed by atoms with van der Waals surface area (Å²) in [7, 11) is 0. The number of hydrogen-bond acceptors (Lipinski definition) is 2. The van der Waals surface area contributed by atoms with Crippen LogP contribution in [-0.4, -0.2) is 11.4 Å². The molecule has 0 atom stereocenters. The van der Waals surface area contributed by atoms with Crippen molar-refractivity contribution >= 4 is 11.0 Å². The van der Waals surface area contributed by atoms with Crippen LogP contribution in [0.3, 0.4) is 0 Å². The van der Waals surface area contributed by atoms with E-state index in [4.69, 9.17) is 4.42 Å². The minimum atomic E-state index is 0.916. The van der Waals surface area contributed by atoms with Crippen molar-refractivity contribution in [3.8, 4) is 0 Å². The minimum Gasteiger partial charge on any atom is -0.459 e. The first-order valence-electron chi connectivity index (χ1n) is 7.16. The number of nitrogens with zero attached hydrogens (tertiary/aromatic N) is 1. The predicted octanol–water partition coefficient (Wildman–Crippen LogP) is 3.99. The number of furan rings is 1. The van der Waals surface area contributed by atoms with Crippen molar-refractivity contribution in [2.24, 2.45) is 0 Å². The van der Waals surface area contributed by atoms with Crippen molar-refractivity contribution in [2.45, 2.75) is 19.5 Å². The summed E-state index contributed by atoms with van der Waals surface area (Å²) in [5.41, 5.74) is 3.80. The van der Waals surface area contributed by atoms with Gasteiger partial charge in [0.25, 0.3) is 0 Å². The van der Waals surface area contributed by atoms with Gasteiger partial charge in [0, 0.05) is 24.0 Å². The Balaban J connectivity index is 1.60. The number of rotatable bonds is 2. The Kier molecular flexibility index (Phi) is 2.82. The van der Waals surface area contributed by atoms with Crippen molar-refractivity contribution in [3.63, 3.8) is 0 Å². The van der Waals surface area contributed by atoms with Crippen LogP contribution in [0.2, 0.25) is 0 Å². The lowest BCUT2D eigenvalue weighted by molar-refractivity contribution is 0.223. The van der Waals surface area contributed by atoms with Crippen molar-refractivity contribution in [3.05, 3.63) is 71.5 Å². The molecule has 2 heteroatoms. The lowest BCUT2D eigenvalue weighted by Gasteiger charge is -2.25. The van der Waals surface area contributed by atoms with Gasteiger partial charge in [0.15, 0.2) is 0 Å². The van der Waals surface area contributed by atoms with Gasteiger partial charge in [-0.3, -0.25) is 4.90 Å². The van der Waals surface area contributed by atoms with Crippen LogP contribution >= 0.6 is 0 Å². The highest BCUT2D eigenvalue weighted by Gasteiger charge is 2.22. The number of para-hydroxylation sites is 1. The van der Waals surface area contributed by atoms with E-state index in [-0.39, 0.29) is 0 Å².